The van der Waals surface area contributed by atoms with Crippen LogP contribution in [0.1, 0.15) is 50.2 Å². The lowest BCUT2D eigenvalue weighted by Gasteiger charge is -2.21. The van der Waals surface area contributed by atoms with Gasteiger partial charge in [-0.25, -0.2) is 0 Å². The van der Waals surface area contributed by atoms with E-state index in [0.29, 0.717) is 5.92 Å². The van der Waals surface area contributed by atoms with Gasteiger partial charge in [0.25, 0.3) is 0 Å². The third-order valence-corrected chi connectivity index (χ3v) is 4.26. The summed E-state index contributed by atoms with van der Waals surface area (Å²) in [5.74, 6) is 0.976. The van der Waals surface area contributed by atoms with Crippen molar-refractivity contribution in [2.75, 3.05) is 19.6 Å². The van der Waals surface area contributed by atoms with E-state index in [-0.39, 0.29) is 11.8 Å². The first-order valence-corrected chi connectivity index (χ1v) is 8.24. The van der Waals surface area contributed by atoms with Gasteiger partial charge in [0.15, 0.2) is 0 Å². The second-order valence-electron chi connectivity index (χ2n) is 6.33. The number of carbonyl (C=O) groups excluding carboxylic acids is 1. The van der Waals surface area contributed by atoms with E-state index >= 15 is 0 Å². The molecule has 1 aromatic carbocycles. The SMILES string of the molecule is CC(C)c1ccc(CCCNC(=O)C2CCCNC2)cc1. The molecule has 3 nitrogen and oxygen atoms in total. The summed E-state index contributed by atoms with van der Waals surface area (Å²) in [4.78, 5) is 12.0. The van der Waals surface area contributed by atoms with Gasteiger partial charge >= 0.3 is 0 Å². The van der Waals surface area contributed by atoms with Crippen LogP contribution >= 0.6 is 0 Å². The monoisotopic (exact) mass is 288 g/mol. The second-order valence-corrected chi connectivity index (χ2v) is 6.33. The molecule has 116 valence electrons. The first kappa shape index (κ1) is 16.0. The molecule has 1 amide bonds. The molecule has 0 spiro atoms. The van der Waals surface area contributed by atoms with Gasteiger partial charge in [0.2, 0.25) is 5.91 Å². The van der Waals surface area contributed by atoms with E-state index in [1.54, 1.807) is 0 Å². The van der Waals surface area contributed by atoms with Crippen molar-refractivity contribution in [3.8, 4) is 0 Å². The Morgan fingerprint density at radius 1 is 1.33 bits per heavy atom. The molecule has 1 aliphatic rings. The molecule has 1 heterocycles. The lowest BCUT2D eigenvalue weighted by molar-refractivity contribution is -0.125. The zero-order valence-electron chi connectivity index (χ0n) is 13.3. The number of benzene rings is 1. The quantitative estimate of drug-likeness (QED) is 0.790. The molecular formula is C18H28N2O. The Balaban J connectivity index is 1.66. The molecule has 2 N–H and O–H groups in total. The predicted octanol–water partition coefficient (Wildman–Crippen LogP) is 2.86. The molecule has 0 aliphatic carbocycles. The highest BCUT2D eigenvalue weighted by Crippen LogP contribution is 2.15. The van der Waals surface area contributed by atoms with Crippen LogP contribution in [-0.2, 0) is 11.2 Å². The highest BCUT2D eigenvalue weighted by atomic mass is 16.1. The highest BCUT2D eigenvalue weighted by molar-refractivity contribution is 5.78. The summed E-state index contributed by atoms with van der Waals surface area (Å²) in [6.45, 7) is 7.09. The van der Waals surface area contributed by atoms with Crippen molar-refractivity contribution in [3.05, 3.63) is 35.4 Å². The average Bonchev–Trinajstić information content (AvgIpc) is 2.52. The number of rotatable bonds is 6. The van der Waals surface area contributed by atoms with Crippen LogP contribution in [0.5, 0.6) is 0 Å². The van der Waals surface area contributed by atoms with Crippen molar-refractivity contribution < 1.29 is 4.79 Å². The molecule has 2 rings (SSSR count). The van der Waals surface area contributed by atoms with E-state index < -0.39 is 0 Å². The summed E-state index contributed by atoms with van der Waals surface area (Å²) < 4.78 is 0. The van der Waals surface area contributed by atoms with Crippen LogP contribution in [0, 0.1) is 5.92 Å². The summed E-state index contributed by atoms with van der Waals surface area (Å²) in [6, 6.07) is 8.85. The fourth-order valence-electron chi connectivity index (χ4n) is 2.79. The summed E-state index contributed by atoms with van der Waals surface area (Å²) in [5.41, 5.74) is 2.74. The van der Waals surface area contributed by atoms with Crippen LogP contribution in [0.25, 0.3) is 0 Å². The van der Waals surface area contributed by atoms with Crippen LogP contribution < -0.4 is 10.6 Å². The minimum absolute atomic E-state index is 0.170. The second kappa shape index (κ2) is 8.18. The van der Waals surface area contributed by atoms with E-state index in [2.05, 4.69) is 48.7 Å². The number of amides is 1. The Labute approximate surface area is 128 Å². The Morgan fingerprint density at radius 3 is 2.71 bits per heavy atom. The van der Waals surface area contributed by atoms with Crippen molar-refractivity contribution in [2.24, 2.45) is 5.92 Å². The maximum Gasteiger partial charge on any atom is 0.224 e. The number of hydrogen-bond donors (Lipinski definition) is 2. The van der Waals surface area contributed by atoms with Crippen molar-refractivity contribution in [2.45, 2.75) is 45.4 Å². The van der Waals surface area contributed by atoms with Crippen LogP contribution in [0.15, 0.2) is 24.3 Å². The highest BCUT2D eigenvalue weighted by Gasteiger charge is 2.19. The number of aryl methyl sites for hydroxylation is 1. The van der Waals surface area contributed by atoms with Gasteiger partial charge in [-0.2, -0.15) is 0 Å². The van der Waals surface area contributed by atoms with Gasteiger partial charge in [-0.05, 0) is 49.3 Å². The fourth-order valence-corrected chi connectivity index (χ4v) is 2.79. The fraction of sp³-hybridized carbons (Fsp3) is 0.611. The number of hydrogen-bond acceptors (Lipinski definition) is 2. The van der Waals surface area contributed by atoms with Crippen molar-refractivity contribution in [1.29, 1.82) is 0 Å². The molecule has 0 aromatic heterocycles. The predicted molar refractivity (Wildman–Crippen MR) is 87.5 cm³/mol. The van der Waals surface area contributed by atoms with Gasteiger partial charge in [0.05, 0.1) is 5.92 Å². The number of carbonyl (C=O) groups is 1. The molecule has 1 fully saturated rings. The smallest absolute Gasteiger partial charge is 0.224 e. The molecule has 1 aliphatic heterocycles. The van der Waals surface area contributed by atoms with Gasteiger partial charge in [0.1, 0.15) is 0 Å². The molecule has 0 bridgehead atoms. The molecule has 1 atom stereocenters. The van der Waals surface area contributed by atoms with Crippen molar-refractivity contribution >= 4 is 5.91 Å². The van der Waals surface area contributed by atoms with Gasteiger partial charge in [0, 0.05) is 13.1 Å². The summed E-state index contributed by atoms with van der Waals surface area (Å²) in [6.07, 6.45) is 4.17. The van der Waals surface area contributed by atoms with E-state index in [0.717, 1.165) is 45.3 Å². The van der Waals surface area contributed by atoms with Crippen LogP contribution in [0.2, 0.25) is 0 Å². The number of piperidine rings is 1. The van der Waals surface area contributed by atoms with E-state index in [1.165, 1.54) is 11.1 Å². The molecular weight excluding hydrogens is 260 g/mol. The van der Waals surface area contributed by atoms with Crippen molar-refractivity contribution in [1.82, 2.24) is 10.6 Å². The average molecular weight is 288 g/mol. The Kier molecular flexibility index (Phi) is 6.24. The van der Waals surface area contributed by atoms with Gasteiger partial charge < -0.3 is 10.6 Å². The molecule has 0 saturated carbocycles. The summed E-state index contributed by atoms with van der Waals surface area (Å²) >= 11 is 0. The molecule has 21 heavy (non-hydrogen) atoms. The lowest BCUT2D eigenvalue weighted by Crippen LogP contribution is -2.40. The Bertz CT molecular complexity index is 433. The van der Waals surface area contributed by atoms with Crippen LogP contribution in [0.3, 0.4) is 0 Å². The van der Waals surface area contributed by atoms with Gasteiger partial charge in [-0.15, -0.1) is 0 Å². The largest absolute Gasteiger partial charge is 0.356 e. The van der Waals surface area contributed by atoms with E-state index in [1.807, 2.05) is 0 Å². The number of nitrogens with one attached hydrogen (secondary N) is 2. The molecule has 1 unspecified atom stereocenters. The maximum atomic E-state index is 12.0. The third kappa shape index (κ3) is 5.16. The standard InChI is InChI=1S/C18H28N2O/c1-14(2)16-9-7-15(8-10-16)5-3-12-20-18(21)17-6-4-11-19-13-17/h7-10,14,17,19H,3-6,11-13H2,1-2H3,(H,20,21). The molecule has 1 saturated heterocycles. The lowest BCUT2D eigenvalue weighted by atomic mass is 9.98. The van der Waals surface area contributed by atoms with E-state index in [4.69, 9.17) is 0 Å². The summed E-state index contributed by atoms with van der Waals surface area (Å²) in [5, 5.41) is 6.36. The minimum atomic E-state index is 0.170. The maximum absolute atomic E-state index is 12.0. The molecule has 3 heteroatoms. The zero-order chi connectivity index (χ0) is 15.1. The van der Waals surface area contributed by atoms with Crippen LogP contribution in [-0.4, -0.2) is 25.5 Å². The first-order valence-electron chi connectivity index (χ1n) is 8.24. The van der Waals surface area contributed by atoms with Gasteiger partial charge in [-0.1, -0.05) is 38.1 Å². The molecule has 1 aromatic rings. The third-order valence-electron chi connectivity index (χ3n) is 4.26. The normalized spacial score (nSPS) is 18.7. The minimum Gasteiger partial charge on any atom is -0.356 e. The Hall–Kier alpha value is -1.35. The molecule has 0 radical (unpaired) electrons. The first-order chi connectivity index (χ1) is 10.2. The van der Waals surface area contributed by atoms with Crippen molar-refractivity contribution in [3.63, 3.8) is 0 Å². The van der Waals surface area contributed by atoms with Crippen LogP contribution in [0.4, 0.5) is 0 Å². The summed E-state index contributed by atoms with van der Waals surface area (Å²) in [7, 11) is 0. The zero-order valence-corrected chi connectivity index (χ0v) is 13.3. The topological polar surface area (TPSA) is 41.1 Å². The Morgan fingerprint density at radius 2 is 2.10 bits per heavy atom. The van der Waals surface area contributed by atoms with Gasteiger partial charge in [-0.3, -0.25) is 4.79 Å². The van der Waals surface area contributed by atoms with E-state index in [9.17, 15) is 4.79 Å².